The van der Waals surface area contributed by atoms with Crippen LogP contribution in [0, 0.1) is 0 Å². The lowest BCUT2D eigenvalue weighted by molar-refractivity contribution is 0.0681. The van der Waals surface area contributed by atoms with Gasteiger partial charge in [-0.3, -0.25) is 4.79 Å². The number of aliphatic hydroxyl groups is 1. The smallest absolute Gasteiger partial charge is 0.254 e. The highest BCUT2D eigenvalue weighted by Crippen LogP contribution is 2.26. The Morgan fingerprint density at radius 2 is 1.92 bits per heavy atom. The van der Waals surface area contributed by atoms with Crippen molar-refractivity contribution in [3.05, 3.63) is 11.8 Å². The number of primary amides is 1. The number of aliphatic hydroxyl groups excluding tert-OH is 1. The quantitative estimate of drug-likeness (QED) is 0.610. The predicted octanol–water partition coefficient (Wildman–Crippen LogP) is 1.27. The first-order valence-corrected chi connectivity index (χ1v) is 8.96. The lowest BCUT2D eigenvalue weighted by atomic mass is 9.93. The van der Waals surface area contributed by atoms with Crippen LogP contribution in [0.2, 0.25) is 0 Å². The molecule has 3 rings (SSSR count). The van der Waals surface area contributed by atoms with Crippen LogP contribution in [0.1, 0.15) is 55.3 Å². The third-order valence-electron chi connectivity index (χ3n) is 5.14. The Kier molecular flexibility index (Phi) is 5.70. The summed E-state index contributed by atoms with van der Waals surface area (Å²) >= 11 is 0. The number of nitrogens with one attached hydrogen (secondary N) is 2. The number of anilines is 2. The Morgan fingerprint density at radius 3 is 2.52 bits per heavy atom. The summed E-state index contributed by atoms with van der Waals surface area (Å²) in [4.78, 5) is 20.4. The number of nitrogens with zero attached hydrogens (tertiary/aromatic N) is 2. The molecule has 2 saturated carbocycles. The second-order valence-electron chi connectivity index (χ2n) is 6.98. The average Bonchev–Trinajstić information content (AvgIpc) is 3.00. The molecule has 138 valence electrons. The fourth-order valence-corrected chi connectivity index (χ4v) is 3.65. The van der Waals surface area contributed by atoms with Crippen molar-refractivity contribution in [2.24, 2.45) is 5.73 Å². The molecule has 1 heterocycles. The standard InChI is InChI=1S/C17H27N5O3/c1-25-13-6-3-10(4-7-13)21-17-19-9-14(15(18)24)16(22-17)20-11-2-5-12(23)8-11/h9-13,23H,2-8H2,1H3,(H2,18,24)(H2,19,20,21,22). The molecule has 2 aliphatic rings. The molecule has 2 atom stereocenters. The van der Waals surface area contributed by atoms with E-state index in [0.717, 1.165) is 38.5 Å². The molecule has 0 aliphatic heterocycles. The van der Waals surface area contributed by atoms with Crippen molar-refractivity contribution in [3.63, 3.8) is 0 Å². The van der Waals surface area contributed by atoms with Gasteiger partial charge in [0.1, 0.15) is 5.82 Å². The number of hydrogen-bond donors (Lipinski definition) is 4. The van der Waals surface area contributed by atoms with E-state index in [1.807, 2.05) is 0 Å². The molecule has 25 heavy (non-hydrogen) atoms. The summed E-state index contributed by atoms with van der Waals surface area (Å²) in [5.41, 5.74) is 5.71. The average molecular weight is 349 g/mol. The zero-order valence-electron chi connectivity index (χ0n) is 14.6. The molecular weight excluding hydrogens is 322 g/mol. The minimum Gasteiger partial charge on any atom is -0.393 e. The van der Waals surface area contributed by atoms with E-state index in [2.05, 4.69) is 20.6 Å². The Hall–Kier alpha value is -1.93. The van der Waals surface area contributed by atoms with Gasteiger partial charge >= 0.3 is 0 Å². The number of methoxy groups -OCH3 is 1. The number of carbonyl (C=O) groups is 1. The number of ether oxygens (including phenoxy) is 1. The molecule has 0 saturated heterocycles. The Morgan fingerprint density at radius 1 is 1.20 bits per heavy atom. The maximum Gasteiger partial charge on any atom is 0.254 e. The maximum absolute atomic E-state index is 11.6. The minimum atomic E-state index is -0.562. The lowest BCUT2D eigenvalue weighted by Crippen LogP contribution is -2.30. The monoisotopic (exact) mass is 349 g/mol. The van der Waals surface area contributed by atoms with Crippen LogP contribution in [0.15, 0.2) is 6.20 Å². The van der Waals surface area contributed by atoms with Crippen molar-refractivity contribution in [2.45, 2.75) is 69.2 Å². The zero-order chi connectivity index (χ0) is 17.8. The molecule has 1 amide bonds. The van der Waals surface area contributed by atoms with Crippen LogP contribution in [-0.4, -0.2) is 52.4 Å². The van der Waals surface area contributed by atoms with Gasteiger partial charge in [0, 0.05) is 25.4 Å². The Bertz CT molecular complexity index is 604. The number of hydrogen-bond acceptors (Lipinski definition) is 7. The molecule has 5 N–H and O–H groups in total. The second kappa shape index (κ2) is 7.97. The molecule has 0 bridgehead atoms. The summed E-state index contributed by atoms with van der Waals surface area (Å²) in [7, 11) is 1.75. The highest BCUT2D eigenvalue weighted by Gasteiger charge is 2.25. The number of aromatic nitrogens is 2. The van der Waals surface area contributed by atoms with Crippen LogP contribution in [0.3, 0.4) is 0 Å². The second-order valence-corrected chi connectivity index (χ2v) is 6.98. The highest BCUT2D eigenvalue weighted by atomic mass is 16.5. The largest absolute Gasteiger partial charge is 0.393 e. The predicted molar refractivity (Wildman–Crippen MR) is 94.5 cm³/mol. The fraction of sp³-hybridized carbons (Fsp3) is 0.706. The summed E-state index contributed by atoms with van der Waals surface area (Å²) in [6, 6.07) is 0.389. The molecule has 1 aromatic heterocycles. The zero-order valence-corrected chi connectivity index (χ0v) is 14.6. The molecule has 2 fully saturated rings. The van der Waals surface area contributed by atoms with Crippen molar-refractivity contribution >= 4 is 17.7 Å². The van der Waals surface area contributed by atoms with Crippen molar-refractivity contribution in [1.29, 1.82) is 0 Å². The maximum atomic E-state index is 11.6. The number of carbonyl (C=O) groups excluding carboxylic acids is 1. The summed E-state index contributed by atoms with van der Waals surface area (Å²) in [5.74, 6) is 0.370. The van der Waals surface area contributed by atoms with E-state index in [1.165, 1.54) is 6.20 Å². The van der Waals surface area contributed by atoms with Gasteiger partial charge in [-0.1, -0.05) is 0 Å². The fourth-order valence-electron chi connectivity index (χ4n) is 3.65. The highest BCUT2D eigenvalue weighted by molar-refractivity contribution is 5.97. The van der Waals surface area contributed by atoms with Gasteiger partial charge in [-0.15, -0.1) is 0 Å². The van der Waals surface area contributed by atoms with Gasteiger partial charge in [0.2, 0.25) is 5.95 Å². The molecule has 8 heteroatoms. The van der Waals surface area contributed by atoms with Crippen LogP contribution in [0.5, 0.6) is 0 Å². The Labute approximate surface area is 147 Å². The third kappa shape index (κ3) is 4.58. The summed E-state index contributed by atoms with van der Waals surface area (Å²) in [6.07, 6.45) is 7.76. The van der Waals surface area contributed by atoms with Crippen LogP contribution in [-0.2, 0) is 4.74 Å². The van der Waals surface area contributed by atoms with Crippen molar-refractivity contribution in [1.82, 2.24) is 9.97 Å². The van der Waals surface area contributed by atoms with Crippen molar-refractivity contribution in [3.8, 4) is 0 Å². The first-order chi connectivity index (χ1) is 12.0. The molecule has 2 aliphatic carbocycles. The summed E-state index contributed by atoms with van der Waals surface area (Å²) in [5, 5.41) is 16.3. The topological polar surface area (TPSA) is 122 Å². The van der Waals surface area contributed by atoms with Crippen molar-refractivity contribution < 1.29 is 14.6 Å². The minimum absolute atomic E-state index is 0.0907. The SMILES string of the molecule is COC1CCC(Nc2ncc(C(N)=O)c(NC3CCC(O)C3)n2)CC1. The molecule has 8 nitrogen and oxygen atoms in total. The molecule has 0 aromatic carbocycles. The first-order valence-electron chi connectivity index (χ1n) is 8.96. The van der Waals surface area contributed by atoms with Crippen LogP contribution >= 0.6 is 0 Å². The normalized spacial score (nSPS) is 29.4. The van der Waals surface area contributed by atoms with Crippen LogP contribution < -0.4 is 16.4 Å². The van der Waals surface area contributed by atoms with Gasteiger partial charge < -0.3 is 26.2 Å². The van der Waals surface area contributed by atoms with Gasteiger partial charge in [0.15, 0.2) is 0 Å². The van der Waals surface area contributed by atoms with Crippen LogP contribution in [0.25, 0.3) is 0 Å². The van der Waals surface area contributed by atoms with Gasteiger partial charge in [-0.25, -0.2) is 4.98 Å². The molecule has 2 unspecified atom stereocenters. The van der Waals surface area contributed by atoms with Gasteiger partial charge in [-0.2, -0.15) is 4.98 Å². The third-order valence-corrected chi connectivity index (χ3v) is 5.14. The van der Waals surface area contributed by atoms with E-state index in [9.17, 15) is 9.90 Å². The molecule has 1 aromatic rings. The first kappa shape index (κ1) is 17.9. The molecule has 0 radical (unpaired) electrons. The Balaban J connectivity index is 1.68. The lowest BCUT2D eigenvalue weighted by Gasteiger charge is -2.28. The van der Waals surface area contributed by atoms with E-state index in [4.69, 9.17) is 10.5 Å². The van der Waals surface area contributed by atoms with Gasteiger partial charge in [0.05, 0.1) is 17.8 Å². The van der Waals surface area contributed by atoms with E-state index < -0.39 is 5.91 Å². The number of amides is 1. The number of nitrogens with two attached hydrogens (primary N) is 1. The summed E-state index contributed by atoms with van der Waals surface area (Å²) in [6.45, 7) is 0. The van der Waals surface area contributed by atoms with Crippen molar-refractivity contribution in [2.75, 3.05) is 17.7 Å². The molecule has 0 spiro atoms. The number of rotatable bonds is 6. The van der Waals surface area contributed by atoms with E-state index >= 15 is 0 Å². The van der Waals surface area contributed by atoms with Crippen LogP contribution in [0.4, 0.5) is 11.8 Å². The van der Waals surface area contributed by atoms with E-state index in [1.54, 1.807) is 7.11 Å². The van der Waals surface area contributed by atoms with Gasteiger partial charge in [-0.05, 0) is 44.9 Å². The summed E-state index contributed by atoms with van der Waals surface area (Å²) < 4.78 is 5.39. The molecular formula is C17H27N5O3. The van der Waals surface area contributed by atoms with E-state index in [0.29, 0.717) is 30.3 Å². The van der Waals surface area contributed by atoms with E-state index in [-0.39, 0.29) is 17.7 Å². The van der Waals surface area contributed by atoms with Gasteiger partial charge in [0.25, 0.3) is 5.91 Å².